The van der Waals surface area contributed by atoms with Crippen LogP contribution >= 0.6 is 0 Å². The number of piperidine rings is 1. The molecule has 7 heteroatoms. The van der Waals surface area contributed by atoms with Gasteiger partial charge in [-0.2, -0.15) is 5.10 Å². The topological polar surface area (TPSA) is 75.5 Å². The van der Waals surface area contributed by atoms with Gasteiger partial charge < -0.3 is 9.80 Å². The number of hydrogen-bond donors (Lipinski definition) is 0. The van der Waals surface area contributed by atoms with E-state index in [0.717, 1.165) is 43.4 Å². The first-order valence-electron chi connectivity index (χ1n) is 10.5. The van der Waals surface area contributed by atoms with Crippen molar-refractivity contribution in [2.45, 2.75) is 46.1 Å². The number of benzene rings is 1. The SMILES string of the molecule is CCCN1CCCC2(CCN(C(=O)Cn3nc(C)c4ccccc4c3=O)C2)C1=O. The quantitative estimate of drug-likeness (QED) is 0.792. The molecule has 2 aliphatic rings. The lowest BCUT2D eigenvalue weighted by atomic mass is 9.78. The standard InChI is InChI=1S/C22H28N4O3/c1-3-11-24-12-6-9-22(21(24)29)10-13-25(15-22)19(27)14-26-20(28)18-8-5-4-7-17(18)16(2)23-26/h4-5,7-8H,3,6,9-15H2,1-2H3. The number of amides is 2. The van der Waals surface area contributed by atoms with Gasteiger partial charge in [0.1, 0.15) is 6.54 Å². The van der Waals surface area contributed by atoms with E-state index in [1.165, 1.54) is 4.68 Å². The Morgan fingerprint density at radius 1 is 1.14 bits per heavy atom. The summed E-state index contributed by atoms with van der Waals surface area (Å²) in [6, 6.07) is 7.32. The molecule has 0 N–H and O–H groups in total. The molecule has 2 aromatic rings. The van der Waals surface area contributed by atoms with Crippen molar-refractivity contribution in [1.82, 2.24) is 19.6 Å². The van der Waals surface area contributed by atoms with Crippen molar-refractivity contribution in [3.8, 4) is 0 Å². The van der Waals surface area contributed by atoms with E-state index in [2.05, 4.69) is 12.0 Å². The van der Waals surface area contributed by atoms with Crippen LogP contribution in [0.25, 0.3) is 10.8 Å². The Bertz CT molecular complexity index is 1010. The largest absolute Gasteiger partial charge is 0.342 e. The number of hydrogen-bond acceptors (Lipinski definition) is 4. The smallest absolute Gasteiger partial charge is 0.275 e. The summed E-state index contributed by atoms with van der Waals surface area (Å²) >= 11 is 0. The maximum Gasteiger partial charge on any atom is 0.275 e. The average molecular weight is 396 g/mol. The summed E-state index contributed by atoms with van der Waals surface area (Å²) in [4.78, 5) is 42.4. The van der Waals surface area contributed by atoms with Crippen LogP contribution in [-0.4, -0.2) is 57.6 Å². The maximum atomic E-state index is 13.0. The van der Waals surface area contributed by atoms with Gasteiger partial charge in [-0.1, -0.05) is 25.1 Å². The van der Waals surface area contributed by atoms with E-state index in [-0.39, 0.29) is 23.9 Å². The van der Waals surface area contributed by atoms with Crippen LogP contribution in [0.1, 0.15) is 38.3 Å². The first-order valence-corrected chi connectivity index (χ1v) is 10.5. The number of likely N-dealkylation sites (tertiary alicyclic amines) is 2. The number of rotatable bonds is 4. The Hall–Kier alpha value is -2.70. The molecule has 0 radical (unpaired) electrons. The molecular weight excluding hydrogens is 368 g/mol. The maximum absolute atomic E-state index is 13.0. The second-order valence-corrected chi connectivity index (χ2v) is 8.34. The molecule has 4 rings (SSSR count). The first kappa shape index (κ1) is 19.6. The summed E-state index contributed by atoms with van der Waals surface area (Å²) in [5.41, 5.74) is 0.0284. The molecule has 2 amide bonds. The Morgan fingerprint density at radius 3 is 2.66 bits per heavy atom. The molecular formula is C22H28N4O3. The zero-order valence-electron chi connectivity index (χ0n) is 17.2. The Morgan fingerprint density at radius 2 is 1.90 bits per heavy atom. The van der Waals surface area contributed by atoms with E-state index < -0.39 is 5.41 Å². The predicted molar refractivity (Wildman–Crippen MR) is 110 cm³/mol. The van der Waals surface area contributed by atoms with Gasteiger partial charge in [-0.15, -0.1) is 0 Å². The molecule has 0 bridgehead atoms. The molecule has 7 nitrogen and oxygen atoms in total. The van der Waals surface area contributed by atoms with Gasteiger partial charge in [0.05, 0.1) is 16.5 Å². The van der Waals surface area contributed by atoms with Crippen molar-refractivity contribution in [3.63, 3.8) is 0 Å². The zero-order chi connectivity index (χ0) is 20.6. The molecule has 1 unspecified atom stereocenters. The third-order valence-corrected chi connectivity index (χ3v) is 6.36. The van der Waals surface area contributed by atoms with E-state index in [9.17, 15) is 14.4 Å². The van der Waals surface area contributed by atoms with Gasteiger partial charge >= 0.3 is 0 Å². The average Bonchev–Trinajstić information content (AvgIpc) is 3.15. The van der Waals surface area contributed by atoms with Gasteiger partial charge in [-0.3, -0.25) is 14.4 Å². The highest BCUT2D eigenvalue weighted by Crippen LogP contribution is 2.40. The Labute approximate surface area is 170 Å². The fourth-order valence-corrected chi connectivity index (χ4v) is 4.84. The van der Waals surface area contributed by atoms with Crippen molar-refractivity contribution in [2.24, 2.45) is 5.41 Å². The molecule has 1 aromatic heterocycles. The van der Waals surface area contributed by atoms with Crippen molar-refractivity contribution in [2.75, 3.05) is 26.2 Å². The summed E-state index contributed by atoms with van der Waals surface area (Å²) in [5.74, 6) is 0.0457. The molecule has 0 saturated carbocycles. The molecule has 3 heterocycles. The minimum Gasteiger partial charge on any atom is -0.342 e. The van der Waals surface area contributed by atoms with Crippen LogP contribution in [0.3, 0.4) is 0 Å². The van der Waals surface area contributed by atoms with Crippen LogP contribution in [0.2, 0.25) is 0 Å². The fraction of sp³-hybridized carbons (Fsp3) is 0.545. The lowest BCUT2D eigenvalue weighted by Crippen LogP contribution is -2.50. The number of carbonyl (C=O) groups excluding carboxylic acids is 2. The predicted octanol–water partition coefficient (Wildman–Crippen LogP) is 1.96. The van der Waals surface area contributed by atoms with Crippen LogP contribution in [0.15, 0.2) is 29.1 Å². The lowest BCUT2D eigenvalue weighted by molar-refractivity contribution is -0.146. The summed E-state index contributed by atoms with van der Waals surface area (Å²) in [5, 5.41) is 5.73. The zero-order valence-corrected chi connectivity index (χ0v) is 17.2. The summed E-state index contributed by atoms with van der Waals surface area (Å²) in [7, 11) is 0. The second-order valence-electron chi connectivity index (χ2n) is 8.34. The van der Waals surface area contributed by atoms with Gasteiger partial charge in [-0.25, -0.2) is 4.68 Å². The minimum atomic E-state index is -0.444. The van der Waals surface area contributed by atoms with Gasteiger partial charge in [-0.05, 0) is 38.7 Å². The minimum absolute atomic E-state index is 0.0898. The van der Waals surface area contributed by atoms with Crippen LogP contribution in [0.4, 0.5) is 0 Å². The number of nitrogens with zero attached hydrogens (tertiary/aromatic N) is 4. The summed E-state index contributed by atoms with van der Waals surface area (Å²) < 4.78 is 1.26. The normalized spacial score (nSPS) is 22.1. The van der Waals surface area contributed by atoms with Gasteiger partial charge in [0.2, 0.25) is 11.8 Å². The lowest BCUT2D eigenvalue weighted by Gasteiger charge is -2.39. The van der Waals surface area contributed by atoms with Crippen LogP contribution in [0, 0.1) is 12.3 Å². The van der Waals surface area contributed by atoms with E-state index in [1.54, 1.807) is 11.0 Å². The monoisotopic (exact) mass is 396 g/mol. The van der Waals surface area contributed by atoms with Gasteiger partial charge in [0.25, 0.3) is 5.56 Å². The summed E-state index contributed by atoms with van der Waals surface area (Å²) in [6.07, 6.45) is 3.47. The molecule has 154 valence electrons. The summed E-state index contributed by atoms with van der Waals surface area (Å²) in [6.45, 7) is 6.44. The number of aromatic nitrogens is 2. The molecule has 2 aliphatic heterocycles. The first-order chi connectivity index (χ1) is 13.9. The number of fused-ring (bicyclic) bond motifs is 1. The van der Waals surface area contributed by atoms with E-state index >= 15 is 0 Å². The third-order valence-electron chi connectivity index (χ3n) is 6.36. The Balaban J connectivity index is 1.52. The second kappa shape index (κ2) is 7.61. The highest BCUT2D eigenvalue weighted by Gasteiger charge is 2.49. The van der Waals surface area contributed by atoms with Crippen molar-refractivity contribution >= 4 is 22.6 Å². The molecule has 2 saturated heterocycles. The fourth-order valence-electron chi connectivity index (χ4n) is 4.84. The molecule has 1 aromatic carbocycles. The molecule has 2 fully saturated rings. The van der Waals surface area contributed by atoms with Crippen molar-refractivity contribution < 1.29 is 9.59 Å². The number of carbonyl (C=O) groups is 2. The molecule has 0 aliphatic carbocycles. The number of aryl methyl sites for hydroxylation is 1. The van der Waals surface area contributed by atoms with Gasteiger partial charge in [0.15, 0.2) is 0 Å². The Kier molecular flexibility index (Phi) is 5.15. The van der Waals surface area contributed by atoms with E-state index in [0.29, 0.717) is 24.9 Å². The molecule has 1 spiro atoms. The van der Waals surface area contributed by atoms with Crippen LogP contribution < -0.4 is 5.56 Å². The molecule has 1 atom stereocenters. The third kappa shape index (κ3) is 3.43. The highest BCUT2D eigenvalue weighted by molar-refractivity contribution is 5.86. The molecule has 29 heavy (non-hydrogen) atoms. The van der Waals surface area contributed by atoms with Crippen molar-refractivity contribution in [3.05, 3.63) is 40.3 Å². The van der Waals surface area contributed by atoms with Crippen LogP contribution in [0.5, 0.6) is 0 Å². The van der Waals surface area contributed by atoms with E-state index in [1.807, 2.05) is 30.0 Å². The van der Waals surface area contributed by atoms with E-state index in [4.69, 9.17) is 0 Å². The van der Waals surface area contributed by atoms with Crippen LogP contribution in [-0.2, 0) is 16.1 Å². The van der Waals surface area contributed by atoms with Crippen molar-refractivity contribution in [1.29, 1.82) is 0 Å². The highest BCUT2D eigenvalue weighted by atomic mass is 16.2. The van der Waals surface area contributed by atoms with Gasteiger partial charge in [0, 0.05) is 31.6 Å².